The van der Waals surface area contributed by atoms with Gasteiger partial charge in [-0.1, -0.05) is 32.1 Å². The molecule has 0 radical (unpaired) electrons. The van der Waals surface area contributed by atoms with Gasteiger partial charge in [-0.15, -0.1) is 0 Å². The second kappa shape index (κ2) is 5.58. The third-order valence-electron chi connectivity index (χ3n) is 6.82. The summed E-state index contributed by atoms with van der Waals surface area (Å²) >= 11 is 0. The predicted molar refractivity (Wildman–Crippen MR) is 90.4 cm³/mol. The molecule has 0 spiro atoms. The van der Waals surface area contributed by atoms with E-state index < -0.39 is 17.7 Å². The lowest BCUT2D eigenvalue weighted by Gasteiger charge is -2.60. The van der Waals surface area contributed by atoms with Crippen molar-refractivity contribution < 1.29 is 24.2 Å². The van der Waals surface area contributed by atoms with Crippen LogP contribution in [0.15, 0.2) is 46.8 Å². The Bertz CT molecular complexity index is 733. The maximum Gasteiger partial charge on any atom is 0.332 e. The lowest BCUT2D eigenvalue weighted by atomic mass is 9.47. The van der Waals surface area contributed by atoms with Crippen molar-refractivity contribution in [3.63, 3.8) is 0 Å². The smallest absolute Gasteiger partial charge is 0.332 e. The highest BCUT2D eigenvalue weighted by Gasteiger charge is 2.60. The van der Waals surface area contributed by atoms with Gasteiger partial charge in [-0.3, -0.25) is 0 Å². The minimum atomic E-state index is -0.851. The number of ether oxygens (including phenoxy) is 1. The molecule has 4 rings (SSSR count). The van der Waals surface area contributed by atoms with Gasteiger partial charge in [0.25, 0.3) is 0 Å². The summed E-state index contributed by atoms with van der Waals surface area (Å²) in [7, 11) is 0. The second-order valence-electron chi connectivity index (χ2n) is 8.09. The third-order valence-corrected chi connectivity index (χ3v) is 6.82. The first kappa shape index (κ1) is 16.6. The highest BCUT2D eigenvalue weighted by Crippen LogP contribution is 2.64. The minimum absolute atomic E-state index is 0.00785. The van der Waals surface area contributed by atoms with Crippen LogP contribution in [-0.4, -0.2) is 22.5 Å². The molecular weight excluding hydrogens is 320 g/mol. The Hall–Kier alpha value is -1.85. The summed E-state index contributed by atoms with van der Waals surface area (Å²) in [5.41, 5.74) is 0.711. The fourth-order valence-electron chi connectivity index (χ4n) is 5.51. The topological polar surface area (TPSA) is 79.9 Å². The quantitative estimate of drug-likeness (QED) is 0.855. The molecule has 1 aromatic rings. The number of aliphatic hydroxyl groups excluding tert-OH is 1. The Balaban J connectivity index is 1.74. The first-order chi connectivity index (χ1) is 11.9. The molecule has 5 heteroatoms. The number of hydrogen-bond acceptors (Lipinski definition) is 4. The Kier molecular flexibility index (Phi) is 3.71. The molecule has 3 aliphatic rings. The van der Waals surface area contributed by atoms with Crippen molar-refractivity contribution in [1.82, 2.24) is 0 Å². The van der Waals surface area contributed by atoms with Crippen molar-refractivity contribution >= 4 is 5.97 Å². The SMILES string of the molecule is C[C@]12C[C@H](c3ccoc3)O[C@H](O)[C@@H]1CC[C@@]1(C)C(C(=O)O)=CC=C[C@H]21. The van der Waals surface area contributed by atoms with E-state index in [0.717, 1.165) is 24.8 Å². The fraction of sp³-hybridized carbons (Fsp3) is 0.550. The molecule has 6 atom stereocenters. The number of carboxylic acid groups (broad SMARTS) is 1. The van der Waals surface area contributed by atoms with E-state index in [0.29, 0.717) is 5.57 Å². The zero-order valence-electron chi connectivity index (χ0n) is 14.5. The number of rotatable bonds is 2. The van der Waals surface area contributed by atoms with E-state index in [1.54, 1.807) is 18.6 Å². The van der Waals surface area contributed by atoms with Gasteiger partial charge in [-0.05, 0) is 36.7 Å². The van der Waals surface area contributed by atoms with Gasteiger partial charge in [0.15, 0.2) is 6.29 Å². The Labute approximate surface area is 147 Å². The van der Waals surface area contributed by atoms with Crippen LogP contribution in [0.3, 0.4) is 0 Å². The number of allylic oxidation sites excluding steroid dienone is 3. The highest BCUT2D eigenvalue weighted by molar-refractivity contribution is 5.89. The van der Waals surface area contributed by atoms with Gasteiger partial charge >= 0.3 is 5.97 Å². The summed E-state index contributed by atoms with van der Waals surface area (Å²) in [5.74, 6) is -0.813. The number of aliphatic carboxylic acids is 1. The van der Waals surface area contributed by atoms with Crippen LogP contribution in [0.1, 0.15) is 44.8 Å². The van der Waals surface area contributed by atoms with Gasteiger partial charge in [0.05, 0.1) is 18.6 Å². The van der Waals surface area contributed by atoms with Crippen molar-refractivity contribution in [2.24, 2.45) is 22.7 Å². The molecule has 0 aromatic carbocycles. The Morgan fingerprint density at radius 2 is 2.16 bits per heavy atom. The normalized spacial score (nSPS) is 43.1. The van der Waals surface area contributed by atoms with Crippen LogP contribution in [0.5, 0.6) is 0 Å². The summed E-state index contributed by atoms with van der Waals surface area (Å²) in [6, 6.07) is 1.86. The van der Waals surface area contributed by atoms with Gasteiger partial charge in [0.1, 0.15) is 0 Å². The van der Waals surface area contributed by atoms with E-state index in [2.05, 4.69) is 19.9 Å². The van der Waals surface area contributed by atoms with Gasteiger partial charge in [-0.2, -0.15) is 0 Å². The number of aliphatic hydroxyl groups is 1. The molecule has 1 aliphatic heterocycles. The average Bonchev–Trinajstić information content (AvgIpc) is 3.07. The largest absolute Gasteiger partial charge is 0.478 e. The predicted octanol–water partition coefficient (Wildman–Crippen LogP) is 3.68. The lowest BCUT2D eigenvalue weighted by Crippen LogP contribution is -2.56. The molecule has 0 unspecified atom stereocenters. The molecule has 2 fully saturated rings. The summed E-state index contributed by atoms with van der Waals surface area (Å²) in [6.07, 6.45) is 10.1. The van der Waals surface area contributed by atoms with Crippen LogP contribution in [-0.2, 0) is 9.53 Å². The van der Waals surface area contributed by atoms with E-state index in [4.69, 9.17) is 9.15 Å². The molecule has 0 amide bonds. The van der Waals surface area contributed by atoms with Gasteiger partial charge < -0.3 is 19.4 Å². The summed E-state index contributed by atoms with van der Waals surface area (Å²) in [5, 5.41) is 20.4. The van der Waals surface area contributed by atoms with E-state index in [1.165, 1.54) is 0 Å². The van der Waals surface area contributed by atoms with E-state index in [9.17, 15) is 15.0 Å². The lowest BCUT2D eigenvalue weighted by molar-refractivity contribution is -0.261. The molecule has 0 bridgehead atoms. The zero-order chi connectivity index (χ0) is 17.8. The maximum absolute atomic E-state index is 11.8. The molecule has 5 nitrogen and oxygen atoms in total. The zero-order valence-corrected chi connectivity index (χ0v) is 14.5. The summed E-state index contributed by atoms with van der Waals surface area (Å²) in [6.45, 7) is 4.23. The van der Waals surface area contributed by atoms with Crippen LogP contribution in [0.4, 0.5) is 0 Å². The van der Waals surface area contributed by atoms with E-state index >= 15 is 0 Å². The number of carbonyl (C=O) groups is 1. The maximum atomic E-state index is 11.8. The third kappa shape index (κ3) is 2.33. The minimum Gasteiger partial charge on any atom is -0.478 e. The summed E-state index contributed by atoms with van der Waals surface area (Å²) in [4.78, 5) is 11.8. The first-order valence-corrected chi connectivity index (χ1v) is 8.84. The average molecular weight is 344 g/mol. The molecule has 134 valence electrons. The standard InChI is InChI=1S/C20H24O5/c1-19-8-6-14-18(23)25-15(12-7-9-24-11-12)10-20(14,2)16(19)5-3-4-13(19)17(21)22/h3-5,7,9,11,14-16,18,23H,6,8,10H2,1-2H3,(H,21,22)/t14-,15+,16-,18-,19-,20-/m0/s1. The summed E-state index contributed by atoms with van der Waals surface area (Å²) < 4.78 is 11.1. The van der Waals surface area contributed by atoms with Crippen LogP contribution < -0.4 is 0 Å². The first-order valence-electron chi connectivity index (χ1n) is 8.84. The number of hydrogen-bond donors (Lipinski definition) is 2. The number of furan rings is 1. The molecule has 25 heavy (non-hydrogen) atoms. The molecule has 1 saturated carbocycles. The Morgan fingerprint density at radius 1 is 1.36 bits per heavy atom. The molecule has 2 heterocycles. The molecule has 2 aliphatic carbocycles. The monoisotopic (exact) mass is 344 g/mol. The molecule has 1 aromatic heterocycles. The van der Waals surface area contributed by atoms with Gasteiger partial charge in [0, 0.05) is 22.5 Å². The molecule has 1 saturated heterocycles. The van der Waals surface area contributed by atoms with Crippen LogP contribution in [0.25, 0.3) is 0 Å². The van der Waals surface area contributed by atoms with Crippen molar-refractivity contribution in [1.29, 1.82) is 0 Å². The highest BCUT2D eigenvalue weighted by atomic mass is 16.6. The van der Waals surface area contributed by atoms with Crippen molar-refractivity contribution in [3.8, 4) is 0 Å². The molecular formula is C20H24O5. The van der Waals surface area contributed by atoms with E-state index in [1.807, 2.05) is 12.1 Å². The van der Waals surface area contributed by atoms with Crippen molar-refractivity contribution in [2.75, 3.05) is 0 Å². The fourth-order valence-corrected chi connectivity index (χ4v) is 5.51. The number of carboxylic acids is 1. The Morgan fingerprint density at radius 3 is 2.84 bits per heavy atom. The van der Waals surface area contributed by atoms with Crippen molar-refractivity contribution in [2.45, 2.75) is 45.5 Å². The van der Waals surface area contributed by atoms with Gasteiger partial charge in [0.2, 0.25) is 0 Å². The second-order valence-corrected chi connectivity index (χ2v) is 8.09. The van der Waals surface area contributed by atoms with Gasteiger partial charge in [-0.25, -0.2) is 4.79 Å². The van der Waals surface area contributed by atoms with E-state index in [-0.39, 0.29) is 23.4 Å². The van der Waals surface area contributed by atoms with Crippen LogP contribution >= 0.6 is 0 Å². The van der Waals surface area contributed by atoms with Crippen LogP contribution in [0, 0.1) is 22.7 Å². The van der Waals surface area contributed by atoms with Crippen LogP contribution in [0.2, 0.25) is 0 Å². The number of fused-ring (bicyclic) bond motifs is 3. The van der Waals surface area contributed by atoms with Crippen molar-refractivity contribution in [3.05, 3.63) is 48.0 Å². The molecule has 2 N–H and O–H groups in total.